The maximum Gasteiger partial charge on any atom is 0.317 e. The molecule has 0 aromatic rings. The van der Waals surface area contributed by atoms with Gasteiger partial charge in [-0.25, -0.2) is 0 Å². The second-order valence-electron chi connectivity index (χ2n) is 8.42. The molecule has 3 nitrogen and oxygen atoms in total. The fourth-order valence-corrected chi connectivity index (χ4v) is 6.00. The molecule has 5 aliphatic carbocycles. The summed E-state index contributed by atoms with van der Waals surface area (Å²) in [4.78, 5) is 13.4. The number of carbonyl (C=O) groups is 1. The second-order valence-corrected chi connectivity index (χ2v) is 8.42. The van der Waals surface area contributed by atoms with E-state index in [0.717, 1.165) is 36.8 Å². The van der Waals surface area contributed by atoms with Crippen LogP contribution in [0, 0.1) is 29.1 Å². The van der Waals surface area contributed by atoms with E-state index in [9.17, 15) is 9.90 Å². The maximum absolute atomic E-state index is 11.2. The fraction of sp³-hybridized carbons (Fsp3) is 0.941. The van der Waals surface area contributed by atoms with Gasteiger partial charge in [0.15, 0.2) is 0 Å². The lowest BCUT2D eigenvalue weighted by molar-refractivity contribution is -0.139. The van der Waals surface area contributed by atoms with Crippen LogP contribution in [0.5, 0.6) is 0 Å². The summed E-state index contributed by atoms with van der Waals surface area (Å²) in [6.07, 6.45) is 11.2. The van der Waals surface area contributed by atoms with E-state index in [1.54, 1.807) is 0 Å². The quantitative estimate of drug-likeness (QED) is 0.811. The molecule has 0 heterocycles. The van der Waals surface area contributed by atoms with E-state index in [0.29, 0.717) is 5.41 Å². The molecule has 0 atom stereocenters. The first-order valence-electron chi connectivity index (χ1n) is 8.54. The molecule has 5 saturated carbocycles. The third-order valence-corrected chi connectivity index (χ3v) is 6.30. The number of carboxylic acids is 1. The molecule has 0 saturated heterocycles. The van der Waals surface area contributed by atoms with Crippen molar-refractivity contribution in [3.63, 3.8) is 0 Å². The van der Waals surface area contributed by atoms with Crippen molar-refractivity contribution in [2.45, 2.75) is 51.4 Å². The molecular weight excluding hydrogens is 250 g/mol. The lowest BCUT2D eigenvalue weighted by Crippen LogP contribution is -2.52. The molecule has 0 amide bonds. The minimum Gasteiger partial charge on any atom is -0.480 e. The molecule has 5 aliphatic rings. The molecule has 0 spiro atoms. The van der Waals surface area contributed by atoms with Crippen LogP contribution in [0.4, 0.5) is 0 Å². The summed E-state index contributed by atoms with van der Waals surface area (Å²) < 4.78 is 0. The predicted molar refractivity (Wildman–Crippen MR) is 77.4 cm³/mol. The lowest BCUT2D eigenvalue weighted by atomic mass is 9.49. The highest BCUT2D eigenvalue weighted by atomic mass is 16.4. The number of rotatable bonds is 6. The van der Waals surface area contributed by atoms with E-state index in [1.807, 2.05) is 0 Å². The number of carboxylic acid groups (broad SMARTS) is 1. The Morgan fingerprint density at radius 1 is 1.05 bits per heavy atom. The van der Waals surface area contributed by atoms with Gasteiger partial charge in [-0.2, -0.15) is 0 Å². The first-order valence-corrected chi connectivity index (χ1v) is 8.54. The zero-order valence-corrected chi connectivity index (χ0v) is 12.4. The van der Waals surface area contributed by atoms with Gasteiger partial charge in [-0.05, 0) is 80.5 Å². The van der Waals surface area contributed by atoms with E-state index in [-0.39, 0.29) is 6.54 Å². The minimum absolute atomic E-state index is 0.262. The van der Waals surface area contributed by atoms with Crippen LogP contribution in [-0.4, -0.2) is 35.6 Å². The van der Waals surface area contributed by atoms with Crippen molar-refractivity contribution >= 4 is 5.97 Å². The van der Waals surface area contributed by atoms with E-state index in [4.69, 9.17) is 0 Å². The lowest BCUT2D eigenvalue weighted by Gasteiger charge is -2.58. The Bertz CT molecular complexity index is 367. The van der Waals surface area contributed by atoms with Crippen LogP contribution < -0.4 is 0 Å². The van der Waals surface area contributed by atoms with Gasteiger partial charge < -0.3 is 5.11 Å². The van der Waals surface area contributed by atoms with E-state index >= 15 is 0 Å². The molecule has 20 heavy (non-hydrogen) atoms. The van der Waals surface area contributed by atoms with Gasteiger partial charge in [0.05, 0.1) is 6.54 Å². The van der Waals surface area contributed by atoms with Crippen molar-refractivity contribution < 1.29 is 9.90 Å². The molecule has 0 unspecified atom stereocenters. The second kappa shape index (κ2) is 4.72. The fourth-order valence-electron chi connectivity index (χ4n) is 6.00. The van der Waals surface area contributed by atoms with Crippen LogP contribution in [0.25, 0.3) is 0 Å². The molecule has 0 aliphatic heterocycles. The normalized spacial score (nSPS) is 42.4. The van der Waals surface area contributed by atoms with Gasteiger partial charge >= 0.3 is 5.97 Å². The van der Waals surface area contributed by atoms with Gasteiger partial charge in [-0.3, -0.25) is 9.69 Å². The van der Waals surface area contributed by atoms with Crippen LogP contribution in [0.2, 0.25) is 0 Å². The Kier molecular flexibility index (Phi) is 3.10. The zero-order valence-electron chi connectivity index (χ0n) is 12.4. The third-order valence-electron chi connectivity index (χ3n) is 6.30. The summed E-state index contributed by atoms with van der Waals surface area (Å²) in [6.45, 7) is 2.37. The van der Waals surface area contributed by atoms with Gasteiger partial charge in [0.25, 0.3) is 0 Å². The van der Waals surface area contributed by atoms with Gasteiger partial charge in [-0.1, -0.05) is 0 Å². The summed E-state index contributed by atoms with van der Waals surface area (Å²) in [6, 6.07) is 0. The molecule has 1 N–H and O–H groups in total. The van der Waals surface area contributed by atoms with Crippen molar-refractivity contribution in [1.29, 1.82) is 0 Å². The standard InChI is InChI=1S/C17H27NO2/c19-16(20)10-18(9-12-1-2-12)11-17-6-13-3-14(7-17)5-15(4-13)8-17/h12-15H,1-11H2,(H,19,20). The van der Waals surface area contributed by atoms with Crippen molar-refractivity contribution in [3.8, 4) is 0 Å². The van der Waals surface area contributed by atoms with Gasteiger partial charge in [0.1, 0.15) is 0 Å². The molecule has 0 aromatic carbocycles. The molecule has 5 fully saturated rings. The van der Waals surface area contributed by atoms with Crippen molar-refractivity contribution in [2.75, 3.05) is 19.6 Å². The summed E-state index contributed by atoms with van der Waals surface area (Å²) >= 11 is 0. The number of hydrogen-bond acceptors (Lipinski definition) is 2. The van der Waals surface area contributed by atoms with E-state index < -0.39 is 5.97 Å². The van der Waals surface area contributed by atoms with Gasteiger partial charge in [0.2, 0.25) is 0 Å². The Hall–Kier alpha value is -0.570. The molecule has 112 valence electrons. The van der Waals surface area contributed by atoms with Crippen LogP contribution in [-0.2, 0) is 4.79 Å². The van der Waals surface area contributed by atoms with E-state index in [1.165, 1.54) is 51.4 Å². The maximum atomic E-state index is 11.2. The van der Waals surface area contributed by atoms with Gasteiger partial charge in [-0.15, -0.1) is 0 Å². The van der Waals surface area contributed by atoms with Crippen LogP contribution in [0.1, 0.15) is 51.4 Å². The third kappa shape index (κ3) is 2.61. The topological polar surface area (TPSA) is 40.5 Å². The number of aliphatic carboxylic acids is 1. The highest BCUT2D eigenvalue weighted by molar-refractivity contribution is 5.69. The van der Waals surface area contributed by atoms with Crippen molar-refractivity contribution in [3.05, 3.63) is 0 Å². The first-order chi connectivity index (χ1) is 9.60. The number of hydrogen-bond donors (Lipinski definition) is 1. The van der Waals surface area contributed by atoms with Gasteiger partial charge in [0, 0.05) is 13.1 Å². The van der Waals surface area contributed by atoms with Crippen molar-refractivity contribution in [2.24, 2.45) is 29.1 Å². The Morgan fingerprint density at radius 3 is 2.05 bits per heavy atom. The average Bonchev–Trinajstić information content (AvgIpc) is 3.08. The monoisotopic (exact) mass is 277 g/mol. The summed E-state index contributed by atoms with van der Waals surface area (Å²) in [5.74, 6) is 3.05. The average molecular weight is 277 g/mol. The van der Waals surface area contributed by atoms with Crippen LogP contribution in [0.3, 0.4) is 0 Å². The van der Waals surface area contributed by atoms with Crippen molar-refractivity contribution in [1.82, 2.24) is 4.90 Å². The predicted octanol–water partition coefficient (Wildman–Crippen LogP) is 3.00. The minimum atomic E-state index is -0.643. The zero-order chi connectivity index (χ0) is 13.7. The molecule has 5 rings (SSSR count). The SMILES string of the molecule is O=C(O)CN(CC1CC1)CC12CC3CC(CC(C3)C1)C2. The van der Waals surface area contributed by atoms with E-state index in [2.05, 4.69) is 4.90 Å². The Morgan fingerprint density at radius 2 is 1.60 bits per heavy atom. The summed E-state index contributed by atoms with van der Waals surface area (Å²) in [5.41, 5.74) is 0.485. The van der Waals surface area contributed by atoms with Crippen LogP contribution in [0.15, 0.2) is 0 Å². The Balaban J connectivity index is 1.46. The Labute approximate surface area is 121 Å². The highest BCUT2D eigenvalue weighted by Crippen LogP contribution is 2.60. The molecule has 0 aromatic heterocycles. The summed E-state index contributed by atoms with van der Waals surface area (Å²) in [7, 11) is 0. The largest absolute Gasteiger partial charge is 0.480 e. The molecule has 4 bridgehead atoms. The first kappa shape index (κ1) is 13.1. The molecule has 3 heteroatoms. The smallest absolute Gasteiger partial charge is 0.317 e. The highest BCUT2D eigenvalue weighted by Gasteiger charge is 2.51. The molecule has 0 radical (unpaired) electrons. The summed E-state index contributed by atoms with van der Waals surface area (Å²) in [5, 5.41) is 9.19. The molecular formula is C17H27NO2. The number of nitrogens with zero attached hydrogens (tertiary/aromatic N) is 1. The van der Waals surface area contributed by atoms with Crippen LogP contribution >= 0.6 is 0 Å².